The monoisotopic (exact) mass is 244 g/mol. The average molecular weight is 244 g/mol. The maximum Gasteiger partial charge on any atom is 0.183 e. The van der Waals surface area contributed by atoms with Crippen molar-refractivity contribution in [2.24, 2.45) is 0 Å². The second kappa shape index (κ2) is 4.14. The molecular weight excluding hydrogens is 231 g/mol. The predicted molar refractivity (Wildman–Crippen MR) is 57.2 cm³/mol. The first-order chi connectivity index (χ1) is 7.51. The number of hydrogen-bond acceptors (Lipinski definition) is 3. The highest BCUT2D eigenvalue weighted by molar-refractivity contribution is 7.92. The fourth-order valence-corrected chi connectivity index (χ4v) is 3.96. The van der Waals surface area contributed by atoms with Crippen molar-refractivity contribution in [3.05, 3.63) is 30.1 Å². The van der Waals surface area contributed by atoms with E-state index >= 15 is 0 Å². The largest absolute Gasteiger partial charge is 0.392 e. The molecule has 16 heavy (non-hydrogen) atoms. The summed E-state index contributed by atoms with van der Waals surface area (Å²) in [4.78, 5) is 0.0832. The minimum absolute atomic E-state index is 0.0832. The molecule has 2 unspecified atom stereocenters. The summed E-state index contributed by atoms with van der Waals surface area (Å²) in [6, 6.07) is 4.73. The summed E-state index contributed by atoms with van der Waals surface area (Å²) in [5.41, 5.74) is 0. The second-order valence-corrected chi connectivity index (χ2v) is 6.20. The second-order valence-electron chi connectivity index (χ2n) is 4.04. The van der Waals surface area contributed by atoms with Gasteiger partial charge in [-0.15, -0.1) is 0 Å². The summed E-state index contributed by atoms with van der Waals surface area (Å²) in [7, 11) is -3.52. The van der Waals surface area contributed by atoms with Crippen molar-refractivity contribution in [3.8, 4) is 0 Å². The Balaban J connectivity index is 2.35. The van der Waals surface area contributed by atoms with Crippen LogP contribution in [0.25, 0.3) is 0 Å². The number of halogens is 1. The highest BCUT2D eigenvalue weighted by atomic mass is 32.2. The molecule has 2 atom stereocenters. The minimum atomic E-state index is -3.52. The van der Waals surface area contributed by atoms with E-state index in [9.17, 15) is 17.9 Å². The first-order valence-corrected chi connectivity index (χ1v) is 6.74. The number of rotatable bonds is 2. The van der Waals surface area contributed by atoms with Crippen molar-refractivity contribution < 1.29 is 17.9 Å². The van der Waals surface area contributed by atoms with Gasteiger partial charge in [-0.25, -0.2) is 12.8 Å². The highest BCUT2D eigenvalue weighted by Gasteiger charge is 2.37. The van der Waals surface area contributed by atoms with Gasteiger partial charge in [0.2, 0.25) is 0 Å². The van der Waals surface area contributed by atoms with Crippen LogP contribution in [0.4, 0.5) is 4.39 Å². The van der Waals surface area contributed by atoms with Crippen molar-refractivity contribution in [1.29, 1.82) is 0 Å². The molecule has 1 aliphatic rings. The minimum Gasteiger partial charge on any atom is -0.392 e. The summed E-state index contributed by atoms with van der Waals surface area (Å²) in [5.74, 6) is -0.467. The highest BCUT2D eigenvalue weighted by Crippen LogP contribution is 2.29. The zero-order valence-electron chi connectivity index (χ0n) is 8.64. The van der Waals surface area contributed by atoms with Crippen LogP contribution in [-0.2, 0) is 9.84 Å². The molecule has 0 aliphatic heterocycles. The normalized spacial score (nSPS) is 25.9. The van der Waals surface area contributed by atoms with Crippen molar-refractivity contribution in [3.63, 3.8) is 0 Å². The Morgan fingerprint density at radius 1 is 1.19 bits per heavy atom. The van der Waals surface area contributed by atoms with Gasteiger partial charge >= 0.3 is 0 Å². The van der Waals surface area contributed by atoms with Gasteiger partial charge in [-0.1, -0.05) is 0 Å². The molecule has 5 heteroatoms. The molecule has 0 aromatic heterocycles. The molecule has 1 aromatic carbocycles. The molecule has 88 valence electrons. The van der Waals surface area contributed by atoms with Gasteiger partial charge in [0.25, 0.3) is 0 Å². The van der Waals surface area contributed by atoms with E-state index in [4.69, 9.17) is 0 Å². The van der Waals surface area contributed by atoms with Crippen LogP contribution in [-0.4, -0.2) is 24.9 Å². The van der Waals surface area contributed by atoms with E-state index in [0.717, 1.165) is 12.1 Å². The standard InChI is InChI=1S/C11H13FO3S/c12-8-4-6-9(7-5-8)16(14,15)11-3-1-2-10(11)13/h4-7,10-11,13H,1-3H2. The van der Waals surface area contributed by atoms with Gasteiger partial charge in [0.1, 0.15) is 5.82 Å². The quantitative estimate of drug-likeness (QED) is 0.802. The number of aliphatic hydroxyl groups is 1. The topological polar surface area (TPSA) is 54.4 Å². The molecule has 0 amide bonds. The molecule has 1 N–H and O–H groups in total. The smallest absolute Gasteiger partial charge is 0.183 e. The van der Waals surface area contributed by atoms with Gasteiger partial charge < -0.3 is 5.11 Å². The summed E-state index contributed by atoms with van der Waals surface area (Å²) < 4.78 is 36.8. The fraction of sp³-hybridized carbons (Fsp3) is 0.455. The van der Waals surface area contributed by atoms with E-state index in [1.54, 1.807) is 0 Å². The van der Waals surface area contributed by atoms with Crippen LogP contribution in [0.5, 0.6) is 0 Å². The Labute approximate surface area is 93.8 Å². The molecule has 0 heterocycles. The van der Waals surface area contributed by atoms with Crippen molar-refractivity contribution in [2.45, 2.75) is 35.5 Å². The first-order valence-electron chi connectivity index (χ1n) is 5.19. The Hall–Kier alpha value is -0.940. The number of sulfone groups is 1. The van der Waals surface area contributed by atoms with E-state index in [1.165, 1.54) is 12.1 Å². The fourth-order valence-electron chi connectivity index (χ4n) is 2.07. The van der Waals surface area contributed by atoms with Crippen LogP contribution in [0.15, 0.2) is 29.2 Å². The molecule has 0 bridgehead atoms. The number of aliphatic hydroxyl groups excluding tert-OH is 1. The van der Waals surface area contributed by atoms with Crippen LogP contribution in [0, 0.1) is 5.82 Å². The lowest BCUT2D eigenvalue weighted by Crippen LogP contribution is -2.29. The Morgan fingerprint density at radius 3 is 2.31 bits per heavy atom. The maximum absolute atomic E-state index is 12.7. The van der Waals surface area contributed by atoms with Gasteiger partial charge in [-0.2, -0.15) is 0 Å². The Morgan fingerprint density at radius 2 is 1.81 bits per heavy atom. The summed E-state index contributed by atoms with van der Waals surface area (Å²) >= 11 is 0. The maximum atomic E-state index is 12.7. The zero-order chi connectivity index (χ0) is 11.8. The van der Waals surface area contributed by atoms with Crippen molar-refractivity contribution in [1.82, 2.24) is 0 Å². The van der Waals surface area contributed by atoms with E-state index in [2.05, 4.69) is 0 Å². The predicted octanol–water partition coefficient (Wildman–Crippen LogP) is 1.51. The van der Waals surface area contributed by atoms with Gasteiger partial charge in [0.15, 0.2) is 9.84 Å². The molecule has 1 fully saturated rings. The van der Waals surface area contributed by atoms with Crippen LogP contribution in [0.1, 0.15) is 19.3 Å². The van der Waals surface area contributed by atoms with E-state index < -0.39 is 27.0 Å². The SMILES string of the molecule is O=S(=O)(c1ccc(F)cc1)C1CCCC1O. The Bertz CT molecular complexity index is 467. The van der Waals surface area contributed by atoms with Gasteiger partial charge in [0.05, 0.1) is 16.2 Å². The molecule has 1 aromatic rings. The van der Waals surface area contributed by atoms with Crippen LogP contribution < -0.4 is 0 Å². The van der Waals surface area contributed by atoms with Crippen LogP contribution in [0.2, 0.25) is 0 Å². The molecule has 1 aliphatic carbocycles. The molecule has 1 saturated carbocycles. The molecule has 0 spiro atoms. The molecule has 3 nitrogen and oxygen atoms in total. The third kappa shape index (κ3) is 1.97. The van der Waals surface area contributed by atoms with Crippen LogP contribution >= 0.6 is 0 Å². The number of hydrogen-bond donors (Lipinski definition) is 1. The number of benzene rings is 1. The lowest BCUT2D eigenvalue weighted by molar-refractivity contribution is 0.185. The third-order valence-electron chi connectivity index (χ3n) is 2.96. The summed E-state index contributed by atoms with van der Waals surface area (Å²) in [6.45, 7) is 0. The molecule has 0 radical (unpaired) electrons. The summed E-state index contributed by atoms with van der Waals surface area (Å²) in [6.07, 6.45) is 0.910. The molecule has 2 rings (SSSR count). The first kappa shape index (κ1) is 11.5. The van der Waals surface area contributed by atoms with Gasteiger partial charge in [-0.05, 0) is 43.5 Å². The van der Waals surface area contributed by atoms with Gasteiger partial charge in [-0.3, -0.25) is 0 Å². The average Bonchev–Trinajstić information content (AvgIpc) is 2.66. The molecular formula is C11H13FO3S. The van der Waals surface area contributed by atoms with Crippen molar-refractivity contribution in [2.75, 3.05) is 0 Å². The van der Waals surface area contributed by atoms with E-state index in [-0.39, 0.29) is 4.90 Å². The zero-order valence-corrected chi connectivity index (χ0v) is 9.45. The summed E-state index contributed by atoms with van der Waals surface area (Å²) in [5, 5.41) is 8.85. The van der Waals surface area contributed by atoms with Crippen LogP contribution in [0.3, 0.4) is 0 Å². The Kier molecular flexibility index (Phi) is 2.99. The lowest BCUT2D eigenvalue weighted by atomic mass is 10.3. The lowest BCUT2D eigenvalue weighted by Gasteiger charge is -2.15. The van der Waals surface area contributed by atoms with E-state index in [1.807, 2.05) is 0 Å². The van der Waals surface area contributed by atoms with Gasteiger partial charge in [0, 0.05) is 0 Å². The molecule has 0 saturated heterocycles. The third-order valence-corrected chi connectivity index (χ3v) is 5.23. The van der Waals surface area contributed by atoms with Crippen molar-refractivity contribution >= 4 is 9.84 Å². The van der Waals surface area contributed by atoms with E-state index in [0.29, 0.717) is 19.3 Å².